The number of anilines is 4. The summed E-state index contributed by atoms with van der Waals surface area (Å²) in [6.45, 7) is 2.37. The Balaban J connectivity index is 1.06. The molecular weight excluding hydrogens is 1110 g/mol. The van der Waals surface area contributed by atoms with Crippen LogP contribution in [0.15, 0.2) is 121 Å². The van der Waals surface area contributed by atoms with Crippen LogP contribution in [0.25, 0.3) is 0 Å². The molecule has 0 fully saturated rings. The molecule has 6 rings (SSSR count). The van der Waals surface area contributed by atoms with Crippen molar-refractivity contribution in [2.24, 2.45) is 0 Å². The van der Waals surface area contributed by atoms with Crippen LogP contribution in [0.4, 0.5) is 22.7 Å². The zero-order valence-electron chi connectivity index (χ0n) is 42.8. The standard InChI is InChI=1S/C52H57Cl2N6O15PS2/c1-51(35-11-15-37(72-3)16-12-35,55-27-47(63)33-9-21-45(61)43(25-33)59-77(5,68)69)49(65)57-41-19-7-31(23-39(41)53)29-74-76(67)75-30-32-8-20-42(40(54)24-32)58-50(66)52(2,36-13-17-38(73-4)18-14-36)56-28-48(64)34-10-22-46(62)44(26-34)60-78(6,70)71/h7-26,47-48,55-56,59-60,63-64H,27-30H2,1-6H3,(H3-,57,58,61,62,65,66)/p+1. The van der Waals surface area contributed by atoms with E-state index in [0.29, 0.717) is 33.8 Å². The number of phenolic OH excluding ortho intramolecular Hbond substituents is 2. The number of hydrogen-bond acceptors (Lipinski definition) is 17. The second-order valence-corrected chi connectivity index (χ2v) is 23.4. The molecule has 2 amide bonds. The number of carbonyl (C=O) groups excluding carboxylic acids is 2. The van der Waals surface area contributed by atoms with Crippen molar-refractivity contribution in [3.63, 3.8) is 0 Å². The lowest BCUT2D eigenvalue weighted by Gasteiger charge is -2.32. The van der Waals surface area contributed by atoms with Crippen molar-refractivity contribution < 1.29 is 69.9 Å². The molecule has 0 aliphatic heterocycles. The Kier molecular flexibility index (Phi) is 20.1. The highest BCUT2D eigenvalue weighted by molar-refractivity contribution is 7.92. The van der Waals surface area contributed by atoms with Gasteiger partial charge < -0.3 is 40.5 Å². The van der Waals surface area contributed by atoms with E-state index in [2.05, 4.69) is 30.7 Å². The van der Waals surface area contributed by atoms with Gasteiger partial charge in [0.25, 0.3) is 0 Å². The fourth-order valence-electron chi connectivity index (χ4n) is 7.68. The number of nitrogens with one attached hydrogen (secondary N) is 6. The molecule has 10 N–H and O–H groups in total. The summed E-state index contributed by atoms with van der Waals surface area (Å²) >= 11 is 13.3. The zero-order chi connectivity index (χ0) is 57.2. The van der Waals surface area contributed by atoms with Gasteiger partial charge in [0.05, 0.1) is 71.7 Å². The molecule has 0 aliphatic rings. The van der Waals surface area contributed by atoms with Gasteiger partial charge in [-0.1, -0.05) is 71.7 Å². The van der Waals surface area contributed by atoms with Crippen LogP contribution in [0.2, 0.25) is 10.0 Å². The van der Waals surface area contributed by atoms with Gasteiger partial charge in [-0.3, -0.25) is 29.7 Å². The minimum absolute atomic E-state index is 0.112. The smallest absolute Gasteiger partial charge is 0.506 e. The average Bonchev–Trinajstić information content (AvgIpc) is 3.41. The first-order chi connectivity index (χ1) is 36.7. The molecule has 78 heavy (non-hydrogen) atoms. The Morgan fingerprint density at radius 1 is 0.564 bits per heavy atom. The Bertz CT molecular complexity index is 3160. The van der Waals surface area contributed by atoms with E-state index in [1.807, 2.05) is 0 Å². The number of rotatable bonds is 26. The molecule has 6 aromatic rings. The highest BCUT2D eigenvalue weighted by Gasteiger charge is 2.38. The molecule has 416 valence electrons. The van der Waals surface area contributed by atoms with Crippen LogP contribution >= 0.6 is 31.5 Å². The lowest BCUT2D eigenvalue weighted by molar-refractivity contribution is -0.123. The molecule has 0 radical (unpaired) electrons. The molecule has 4 unspecified atom stereocenters. The topological polar surface area (TPSA) is 310 Å². The van der Waals surface area contributed by atoms with Crippen LogP contribution in [0.3, 0.4) is 0 Å². The summed E-state index contributed by atoms with van der Waals surface area (Å²) in [6.07, 6.45) is -0.702. The van der Waals surface area contributed by atoms with E-state index in [-0.39, 0.29) is 81.7 Å². The lowest BCUT2D eigenvalue weighted by Crippen LogP contribution is -2.51. The number of aliphatic hydroxyl groups excluding tert-OH is 2. The van der Waals surface area contributed by atoms with Gasteiger partial charge in [-0.25, -0.2) is 16.8 Å². The van der Waals surface area contributed by atoms with E-state index in [4.69, 9.17) is 41.7 Å². The molecule has 0 spiro atoms. The summed E-state index contributed by atoms with van der Waals surface area (Å²) in [5.41, 5.74) is -0.438. The maximum atomic E-state index is 14.2. The molecule has 0 heterocycles. The summed E-state index contributed by atoms with van der Waals surface area (Å²) in [5, 5.41) is 54.8. The Hall–Kier alpha value is -6.60. The first kappa shape index (κ1) is 60.6. The van der Waals surface area contributed by atoms with Crippen molar-refractivity contribution in [2.45, 2.75) is 50.3 Å². The number of phenols is 2. The number of carbonyl (C=O) groups is 2. The molecule has 26 heteroatoms. The molecule has 0 aromatic heterocycles. The van der Waals surface area contributed by atoms with Crippen molar-refractivity contribution in [2.75, 3.05) is 59.9 Å². The largest absolute Gasteiger partial charge is 0.698 e. The molecule has 4 atom stereocenters. The van der Waals surface area contributed by atoms with Crippen molar-refractivity contribution in [1.82, 2.24) is 10.6 Å². The summed E-state index contributed by atoms with van der Waals surface area (Å²) in [6, 6.07) is 30.4. The van der Waals surface area contributed by atoms with Crippen LogP contribution in [0.1, 0.15) is 59.4 Å². The van der Waals surface area contributed by atoms with E-state index >= 15 is 0 Å². The fraction of sp³-hybridized carbons (Fsp3) is 0.269. The van der Waals surface area contributed by atoms with Gasteiger partial charge in [0.1, 0.15) is 47.3 Å². The lowest BCUT2D eigenvalue weighted by atomic mass is 9.90. The van der Waals surface area contributed by atoms with Gasteiger partial charge in [-0.15, -0.1) is 9.05 Å². The predicted molar refractivity (Wildman–Crippen MR) is 297 cm³/mol. The number of halogens is 2. The van der Waals surface area contributed by atoms with Crippen LogP contribution in [0.5, 0.6) is 23.0 Å². The number of amides is 2. The van der Waals surface area contributed by atoms with E-state index in [0.717, 1.165) is 12.5 Å². The number of aromatic hydroxyl groups is 2. The normalized spacial score (nSPS) is 14.2. The number of benzene rings is 6. The molecule has 6 aromatic carbocycles. The predicted octanol–water partition coefficient (Wildman–Crippen LogP) is 7.91. The second-order valence-electron chi connectivity index (χ2n) is 18.1. The van der Waals surface area contributed by atoms with E-state index in [1.54, 1.807) is 74.5 Å². The van der Waals surface area contributed by atoms with Crippen LogP contribution in [-0.2, 0) is 67.5 Å². The Morgan fingerprint density at radius 3 is 1.24 bits per heavy atom. The van der Waals surface area contributed by atoms with Crippen molar-refractivity contribution >= 4 is 86.1 Å². The Morgan fingerprint density at radius 2 is 0.923 bits per heavy atom. The number of hydrogen-bond donors (Lipinski definition) is 10. The monoisotopic (exact) mass is 1170 g/mol. The highest BCUT2D eigenvalue weighted by Crippen LogP contribution is 2.35. The first-order valence-electron chi connectivity index (χ1n) is 23.4. The zero-order valence-corrected chi connectivity index (χ0v) is 46.9. The van der Waals surface area contributed by atoms with Crippen LogP contribution in [0, 0.1) is 0 Å². The maximum absolute atomic E-state index is 14.2. The molecule has 0 saturated carbocycles. The molecule has 0 saturated heterocycles. The molecule has 0 bridgehead atoms. The highest BCUT2D eigenvalue weighted by atomic mass is 35.5. The summed E-state index contributed by atoms with van der Waals surface area (Å²) < 4.78 is 86.2. The van der Waals surface area contributed by atoms with Crippen LogP contribution in [-0.4, -0.2) is 88.9 Å². The number of ether oxygens (including phenoxy) is 2. The molecule has 21 nitrogen and oxygen atoms in total. The quantitative estimate of drug-likeness (QED) is 0.0182. The molecular formula is C52H58Cl2N6O15PS2+. The third kappa shape index (κ3) is 16.2. The molecule has 0 aliphatic carbocycles. The van der Waals surface area contributed by atoms with Gasteiger partial charge >= 0.3 is 8.25 Å². The summed E-state index contributed by atoms with van der Waals surface area (Å²) in [4.78, 5) is 28.3. The minimum Gasteiger partial charge on any atom is -0.506 e. The maximum Gasteiger partial charge on any atom is 0.698 e. The van der Waals surface area contributed by atoms with Gasteiger partial charge in [0.15, 0.2) is 0 Å². The third-order valence-corrected chi connectivity index (χ3v) is 14.7. The van der Waals surface area contributed by atoms with Gasteiger partial charge in [-0.2, -0.15) is 0 Å². The average molecular weight is 1170 g/mol. The third-order valence-electron chi connectivity index (χ3n) is 12.2. The van der Waals surface area contributed by atoms with Gasteiger partial charge in [0, 0.05) is 17.7 Å². The van der Waals surface area contributed by atoms with Gasteiger partial charge in [-0.05, 0) is 120 Å². The number of aliphatic hydroxyl groups is 2. The fourth-order valence-corrected chi connectivity index (χ4v) is 9.89. The first-order valence-corrected chi connectivity index (χ1v) is 29.0. The summed E-state index contributed by atoms with van der Waals surface area (Å²) in [7, 11) is -7.20. The number of methoxy groups -OCH3 is 2. The number of sulfonamides is 2. The van der Waals surface area contributed by atoms with E-state index in [1.165, 1.54) is 74.9 Å². The second kappa shape index (κ2) is 25.9. The van der Waals surface area contributed by atoms with E-state index < -0.39 is 63.4 Å². The summed E-state index contributed by atoms with van der Waals surface area (Å²) in [5.74, 6) is -0.787. The SMILES string of the molecule is COc1ccc(C(C)(NCC(O)c2ccc(O)c(NS(C)(=O)=O)c2)C(=O)Nc2ccc(CO[P+](=O)OCc3ccc(NC(=O)C(C)(NCC(O)c4ccc(O)c(NS(C)(=O)=O)c4)c4ccc(OC)cc4)c(Cl)c3)cc2Cl)cc1. The van der Waals surface area contributed by atoms with Crippen molar-refractivity contribution in [3.8, 4) is 23.0 Å². The minimum atomic E-state index is -3.75. The van der Waals surface area contributed by atoms with Crippen molar-refractivity contribution in [3.05, 3.63) is 165 Å². The van der Waals surface area contributed by atoms with Crippen LogP contribution < -0.4 is 40.2 Å². The van der Waals surface area contributed by atoms with E-state index in [9.17, 15) is 51.4 Å². The Labute approximate surface area is 462 Å². The van der Waals surface area contributed by atoms with Gasteiger partial charge in [0.2, 0.25) is 31.9 Å². The van der Waals surface area contributed by atoms with Crippen molar-refractivity contribution in [1.29, 1.82) is 0 Å².